The monoisotopic (exact) mass is 838 g/mol. The van der Waals surface area contributed by atoms with Gasteiger partial charge in [0.1, 0.15) is 24.6 Å². The van der Waals surface area contributed by atoms with Crippen molar-refractivity contribution < 1.29 is 47.6 Å². The number of carbonyl (C=O) groups excluding carboxylic acids is 3. The molecular weight excluding hydrogens is 784 g/mol. The van der Waals surface area contributed by atoms with Crippen molar-refractivity contribution >= 4 is 41.8 Å². The first-order valence-corrected chi connectivity index (χ1v) is 22.7. The minimum atomic E-state index is -2.57. The number of halogens is 1. The first-order valence-electron chi connectivity index (χ1n) is 19.0. The Hall–Kier alpha value is -3.13. The van der Waals surface area contributed by atoms with Gasteiger partial charge >= 0.3 is 5.97 Å². The molecule has 1 N–H and O–H groups in total. The van der Waals surface area contributed by atoms with E-state index in [9.17, 15) is 9.90 Å². The fourth-order valence-corrected chi connectivity index (χ4v) is 11.4. The molecule has 12 heteroatoms. The van der Waals surface area contributed by atoms with Gasteiger partial charge < -0.3 is 33.2 Å². The van der Waals surface area contributed by atoms with Gasteiger partial charge in [-0.25, -0.2) is 4.79 Å². The molecule has 10 nitrogen and oxygen atoms in total. The molecule has 8 atom stereocenters. The molecule has 0 amide bonds. The lowest BCUT2D eigenvalue weighted by molar-refractivity contribution is -0.240. The Balaban J connectivity index is 1.63. The minimum absolute atomic E-state index is 0.0328. The molecule has 298 valence electrons. The first kappa shape index (κ1) is 41.5. The summed E-state index contributed by atoms with van der Waals surface area (Å²) in [6.07, 6.45) is -1.07. The number of aliphatic hydroxyl groups is 1. The Morgan fingerprint density at radius 3 is 2.27 bits per heavy atom. The molecule has 1 saturated heterocycles. The normalized spacial score (nSPS) is 33.0. The van der Waals surface area contributed by atoms with Crippen LogP contribution in [0.1, 0.15) is 70.3 Å². The van der Waals surface area contributed by atoms with E-state index in [1.165, 1.54) is 6.08 Å². The van der Waals surface area contributed by atoms with Crippen LogP contribution in [0.3, 0.4) is 0 Å². The van der Waals surface area contributed by atoms with E-state index >= 15 is 9.59 Å². The number of benzene rings is 2. The molecule has 2 aromatic carbocycles. The van der Waals surface area contributed by atoms with Crippen molar-refractivity contribution in [2.45, 2.75) is 109 Å². The van der Waals surface area contributed by atoms with Crippen molar-refractivity contribution in [3.8, 4) is 5.75 Å². The number of rotatable bonds is 11. The zero-order chi connectivity index (χ0) is 40.4. The molecule has 0 radical (unpaired) electrons. The SMILES string of the molecule is C=CCOC1=C(Br)[C@@H]2[C@@H](OCc3ccc(OC)cc3)C(=O)[C@]3(C)[C@@H](O[Si](C)(C)C(C)(C)C)CC[C@@]4(CO4)[C@H]3[C@H](OC(=O)c3ccccc3)[C@](O)(C1=O)C2(C)C. The fraction of sp³-hybridized carbons (Fsp3) is 0.558. The van der Waals surface area contributed by atoms with Crippen LogP contribution in [-0.2, 0) is 39.6 Å². The van der Waals surface area contributed by atoms with Crippen molar-refractivity contribution in [2.24, 2.45) is 22.7 Å². The number of methoxy groups -OCH3 is 1. The molecule has 55 heavy (non-hydrogen) atoms. The highest BCUT2D eigenvalue weighted by molar-refractivity contribution is 9.11. The van der Waals surface area contributed by atoms with Crippen LogP contribution in [0, 0.1) is 22.7 Å². The lowest BCUT2D eigenvalue weighted by atomic mass is 9.46. The summed E-state index contributed by atoms with van der Waals surface area (Å²) in [5.74, 6) is -3.33. The van der Waals surface area contributed by atoms with Gasteiger partial charge in [0.05, 0.1) is 43.0 Å². The first-order chi connectivity index (χ1) is 25.7. The van der Waals surface area contributed by atoms with Gasteiger partial charge in [-0.2, -0.15) is 0 Å². The Morgan fingerprint density at radius 2 is 1.71 bits per heavy atom. The summed E-state index contributed by atoms with van der Waals surface area (Å²) in [6, 6.07) is 15.8. The van der Waals surface area contributed by atoms with Crippen LogP contribution in [0.5, 0.6) is 5.75 Å². The average Bonchev–Trinajstić information content (AvgIpc) is 3.92. The second-order valence-electron chi connectivity index (χ2n) is 17.7. The van der Waals surface area contributed by atoms with Crippen LogP contribution in [-0.4, -0.2) is 80.8 Å². The summed E-state index contributed by atoms with van der Waals surface area (Å²) in [5, 5.41) is 13.4. The van der Waals surface area contributed by atoms with Gasteiger partial charge in [-0.15, -0.1) is 0 Å². The van der Waals surface area contributed by atoms with Gasteiger partial charge in [-0.1, -0.05) is 93.5 Å². The summed E-state index contributed by atoms with van der Waals surface area (Å²) in [4.78, 5) is 45.5. The molecule has 3 aliphatic carbocycles. The predicted octanol–water partition coefficient (Wildman–Crippen LogP) is 7.73. The van der Waals surface area contributed by atoms with E-state index in [1.54, 1.807) is 51.3 Å². The smallest absolute Gasteiger partial charge is 0.338 e. The predicted molar refractivity (Wildman–Crippen MR) is 213 cm³/mol. The molecule has 1 aliphatic heterocycles. The number of esters is 1. The van der Waals surface area contributed by atoms with E-state index < -0.39 is 72.2 Å². The molecule has 3 fully saturated rings. The van der Waals surface area contributed by atoms with E-state index in [0.717, 1.165) is 5.56 Å². The van der Waals surface area contributed by atoms with Crippen molar-refractivity contribution in [3.05, 3.63) is 88.6 Å². The van der Waals surface area contributed by atoms with Crippen molar-refractivity contribution in [2.75, 3.05) is 20.3 Å². The standard InChI is InChI=1S/C43H55BrO10Si/c1-11-23-50-33-31(44)30-32(51-24-26-17-19-28(49-8)20-18-26)35(45)41(7)29(54-55(9,10)39(2,3)4)21-22-42(25-52-42)34(41)37(43(48,36(33)46)40(30,5)6)53-38(47)27-15-13-12-14-16-27/h11-20,29-30,32,34,37,48H,1,21-25H2,2-10H3/t29-,30+,32+,34-,37-,41+,42+,43+/m0/s1. The van der Waals surface area contributed by atoms with E-state index in [4.69, 9.17) is 28.1 Å². The van der Waals surface area contributed by atoms with Crippen LogP contribution in [0.4, 0.5) is 0 Å². The van der Waals surface area contributed by atoms with E-state index in [2.05, 4.69) is 56.4 Å². The number of epoxide rings is 1. The molecule has 1 heterocycles. The third-order valence-corrected chi connectivity index (χ3v) is 18.6. The van der Waals surface area contributed by atoms with Gasteiger partial charge in [0.25, 0.3) is 0 Å². The van der Waals surface area contributed by atoms with Crippen molar-refractivity contribution in [3.63, 3.8) is 0 Å². The Kier molecular flexibility index (Phi) is 11.1. The lowest BCUT2D eigenvalue weighted by Gasteiger charge is -2.62. The number of ketones is 2. The molecule has 0 aromatic heterocycles. The van der Waals surface area contributed by atoms with Crippen LogP contribution in [0.25, 0.3) is 0 Å². The number of carbonyl (C=O) groups is 3. The van der Waals surface area contributed by atoms with Gasteiger partial charge in [0.15, 0.2) is 25.5 Å². The maximum Gasteiger partial charge on any atom is 0.338 e. The fourth-order valence-electron chi connectivity index (χ4n) is 8.85. The van der Waals surface area contributed by atoms with Gasteiger partial charge in [-0.3, -0.25) is 9.59 Å². The van der Waals surface area contributed by atoms with E-state index in [0.29, 0.717) is 18.6 Å². The number of hydrogen-bond donors (Lipinski definition) is 1. The molecule has 6 rings (SSSR count). The number of Topliss-reactive ketones (excluding diaryl/α,β-unsaturated/α-hetero) is 2. The maximum absolute atomic E-state index is 16.1. The van der Waals surface area contributed by atoms with E-state index in [-0.39, 0.29) is 46.4 Å². The quantitative estimate of drug-likeness (QED) is 0.104. The third-order valence-electron chi connectivity index (χ3n) is 13.3. The maximum atomic E-state index is 16.1. The zero-order valence-corrected chi connectivity index (χ0v) is 36.0. The highest BCUT2D eigenvalue weighted by Crippen LogP contribution is 2.66. The highest BCUT2D eigenvalue weighted by Gasteiger charge is 2.79. The Labute approximate surface area is 334 Å². The van der Waals surface area contributed by atoms with Crippen LogP contribution in [0.15, 0.2) is 77.5 Å². The lowest BCUT2D eigenvalue weighted by Crippen LogP contribution is -2.77. The van der Waals surface area contributed by atoms with Crippen molar-refractivity contribution in [1.82, 2.24) is 0 Å². The molecule has 2 saturated carbocycles. The van der Waals surface area contributed by atoms with Gasteiger partial charge in [0.2, 0.25) is 5.78 Å². The molecule has 2 bridgehead atoms. The van der Waals surface area contributed by atoms with E-state index in [1.807, 2.05) is 31.2 Å². The summed E-state index contributed by atoms with van der Waals surface area (Å²) < 4.78 is 38.6. The highest BCUT2D eigenvalue weighted by atomic mass is 79.9. The number of fused-ring (bicyclic) bond motifs is 4. The van der Waals surface area contributed by atoms with Crippen LogP contribution < -0.4 is 4.74 Å². The third kappa shape index (κ3) is 6.78. The molecule has 1 spiro atoms. The molecule has 4 aliphatic rings. The zero-order valence-electron chi connectivity index (χ0n) is 33.4. The largest absolute Gasteiger partial charge is 0.497 e. The summed E-state index contributed by atoms with van der Waals surface area (Å²) >= 11 is 3.71. The topological polar surface area (TPSA) is 130 Å². The summed E-state index contributed by atoms with van der Waals surface area (Å²) in [5.41, 5.74) is -5.39. The second-order valence-corrected chi connectivity index (χ2v) is 23.3. The molecule has 0 unspecified atom stereocenters. The van der Waals surface area contributed by atoms with Crippen LogP contribution in [0.2, 0.25) is 18.1 Å². The summed E-state index contributed by atoms with van der Waals surface area (Å²) in [7, 11) is -0.979. The average molecular weight is 840 g/mol. The molecular formula is C43H55BrO10Si. The number of ether oxygens (including phenoxy) is 5. The van der Waals surface area contributed by atoms with Crippen molar-refractivity contribution in [1.29, 1.82) is 0 Å². The minimum Gasteiger partial charge on any atom is -0.497 e. The second kappa shape index (κ2) is 14.7. The Bertz CT molecular complexity index is 1850. The Morgan fingerprint density at radius 1 is 1.07 bits per heavy atom. The molecule has 2 aromatic rings. The van der Waals surface area contributed by atoms with Gasteiger partial charge in [0, 0.05) is 21.7 Å². The van der Waals surface area contributed by atoms with Gasteiger partial charge in [-0.05, 0) is 67.7 Å². The van der Waals surface area contributed by atoms with Crippen LogP contribution >= 0.6 is 15.9 Å². The number of hydrogen-bond acceptors (Lipinski definition) is 10. The summed E-state index contributed by atoms with van der Waals surface area (Å²) in [6.45, 7) is 19.9.